The molecule has 1 heterocycles. The van der Waals surface area contributed by atoms with Gasteiger partial charge in [-0.1, -0.05) is 26.0 Å². The molecular formula is C18H19BrN2O. The Balaban J connectivity index is 1.82. The Labute approximate surface area is 139 Å². The maximum absolute atomic E-state index is 13.1. The molecule has 2 aliphatic carbocycles. The standard InChI is InChI=1S/C18H19BrN2O/c1-16-11-21(15(22)13-5-3-4-6-14(13)19)18(10-20)9-12(16)7-8-17(16,18)2/h3-6,12H,7-9,11H2,1-2H3/t12-,16-,17+,18-/m0/s1. The van der Waals surface area contributed by atoms with Gasteiger partial charge < -0.3 is 4.90 Å². The number of nitriles is 1. The summed E-state index contributed by atoms with van der Waals surface area (Å²) >= 11 is 3.47. The molecule has 4 atom stereocenters. The van der Waals surface area contributed by atoms with Gasteiger partial charge in [0.2, 0.25) is 0 Å². The van der Waals surface area contributed by atoms with E-state index < -0.39 is 5.54 Å². The summed E-state index contributed by atoms with van der Waals surface area (Å²) < 4.78 is 0.802. The molecule has 1 saturated heterocycles. The molecule has 1 aromatic rings. The van der Waals surface area contributed by atoms with Gasteiger partial charge >= 0.3 is 0 Å². The molecule has 3 aliphatic rings. The first-order valence-corrected chi connectivity index (χ1v) is 8.67. The molecule has 22 heavy (non-hydrogen) atoms. The fraction of sp³-hybridized carbons (Fsp3) is 0.556. The van der Waals surface area contributed by atoms with Crippen LogP contribution in [0.3, 0.4) is 0 Å². The highest BCUT2D eigenvalue weighted by molar-refractivity contribution is 9.10. The van der Waals surface area contributed by atoms with Gasteiger partial charge in [-0.25, -0.2) is 0 Å². The number of rotatable bonds is 1. The van der Waals surface area contributed by atoms with Crippen molar-refractivity contribution >= 4 is 21.8 Å². The molecule has 114 valence electrons. The minimum atomic E-state index is -0.628. The van der Waals surface area contributed by atoms with Gasteiger partial charge in [0.25, 0.3) is 5.91 Å². The topological polar surface area (TPSA) is 44.1 Å². The number of likely N-dealkylation sites (tertiary alicyclic amines) is 1. The average Bonchev–Trinajstić information content (AvgIpc) is 2.96. The summed E-state index contributed by atoms with van der Waals surface area (Å²) in [6.45, 7) is 5.23. The molecule has 0 spiro atoms. The number of benzene rings is 1. The number of carbonyl (C=O) groups is 1. The monoisotopic (exact) mass is 358 g/mol. The summed E-state index contributed by atoms with van der Waals surface area (Å²) in [6, 6.07) is 10.1. The highest BCUT2D eigenvalue weighted by Gasteiger charge is 2.78. The summed E-state index contributed by atoms with van der Waals surface area (Å²) in [6.07, 6.45) is 3.10. The number of amides is 1. The van der Waals surface area contributed by atoms with E-state index in [0.29, 0.717) is 18.0 Å². The molecule has 0 radical (unpaired) electrons. The molecule has 4 rings (SSSR count). The van der Waals surface area contributed by atoms with Gasteiger partial charge in [0.1, 0.15) is 5.54 Å². The molecule has 3 fully saturated rings. The second-order valence-corrected chi connectivity index (χ2v) is 8.39. The molecule has 0 unspecified atom stereocenters. The molecule has 0 aromatic heterocycles. The molecule has 1 amide bonds. The Bertz CT molecular complexity index is 726. The van der Waals surface area contributed by atoms with Crippen LogP contribution in [0.2, 0.25) is 0 Å². The minimum Gasteiger partial charge on any atom is -0.319 e. The van der Waals surface area contributed by atoms with Gasteiger partial charge in [-0.2, -0.15) is 5.26 Å². The van der Waals surface area contributed by atoms with Crippen LogP contribution >= 0.6 is 15.9 Å². The summed E-state index contributed by atoms with van der Waals surface area (Å²) in [4.78, 5) is 15.0. The zero-order valence-electron chi connectivity index (χ0n) is 12.9. The van der Waals surface area contributed by atoms with Gasteiger partial charge in [0, 0.05) is 16.4 Å². The minimum absolute atomic E-state index is 0.00988. The van der Waals surface area contributed by atoms with Crippen molar-refractivity contribution in [1.29, 1.82) is 5.26 Å². The number of nitrogens with zero attached hydrogens (tertiary/aromatic N) is 2. The third-order valence-electron chi connectivity index (χ3n) is 7.09. The van der Waals surface area contributed by atoms with Gasteiger partial charge in [-0.15, -0.1) is 0 Å². The normalized spacial score (nSPS) is 41.7. The largest absolute Gasteiger partial charge is 0.319 e. The third kappa shape index (κ3) is 1.31. The van der Waals surface area contributed by atoms with Crippen LogP contribution in [0.1, 0.15) is 43.5 Å². The van der Waals surface area contributed by atoms with Crippen LogP contribution in [0.25, 0.3) is 0 Å². The van der Waals surface area contributed by atoms with Crippen LogP contribution in [0.15, 0.2) is 28.7 Å². The molecule has 2 saturated carbocycles. The van der Waals surface area contributed by atoms with E-state index in [9.17, 15) is 10.1 Å². The average molecular weight is 359 g/mol. The lowest BCUT2D eigenvalue weighted by atomic mass is 9.66. The summed E-state index contributed by atoms with van der Waals surface area (Å²) in [5.74, 6) is 0.574. The maximum atomic E-state index is 13.1. The van der Waals surface area contributed by atoms with Crippen molar-refractivity contribution < 1.29 is 4.79 Å². The highest BCUT2D eigenvalue weighted by Crippen LogP contribution is 2.75. The van der Waals surface area contributed by atoms with Crippen LogP contribution in [0.5, 0.6) is 0 Å². The van der Waals surface area contributed by atoms with Crippen molar-refractivity contribution in [3.05, 3.63) is 34.3 Å². The van der Waals surface area contributed by atoms with Gasteiger partial charge in [-0.05, 0) is 58.7 Å². The fourth-order valence-corrected chi connectivity index (χ4v) is 5.99. The Kier molecular flexibility index (Phi) is 2.68. The van der Waals surface area contributed by atoms with Crippen LogP contribution < -0.4 is 0 Å². The van der Waals surface area contributed by atoms with E-state index in [-0.39, 0.29) is 16.7 Å². The van der Waals surface area contributed by atoms with Crippen LogP contribution in [-0.2, 0) is 0 Å². The first kappa shape index (κ1) is 14.3. The molecule has 1 aromatic carbocycles. The number of hydrogen-bond donors (Lipinski definition) is 0. The lowest BCUT2D eigenvalue weighted by molar-refractivity contribution is 0.0429. The maximum Gasteiger partial charge on any atom is 0.256 e. The van der Waals surface area contributed by atoms with Crippen molar-refractivity contribution in [2.24, 2.45) is 16.7 Å². The number of piperidine rings is 1. The number of halogens is 1. The predicted molar refractivity (Wildman–Crippen MR) is 87.1 cm³/mol. The van der Waals surface area contributed by atoms with E-state index in [0.717, 1.165) is 17.3 Å². The molecule has 4 bridgehead atoms. The SMILES string of the molecule is C[C@]12CC[C@H]3C[C@@]1(C#N)N(C(=O)c1ccccc1Br)C[C@@]32C. The number of carbonyl (C=O) groups excluding carboxylic acids is 1. The predicted octanol–water partition coefficient (Wildman–Crippen LogP) is 3.99. The second-order valence-electron chi connectivity index (χ2n) is 7.53. The smallest absolute Gasteiger partial charge is 0.256 e. The van der Waals surface area contributed by atoms with Crippen LogP contribution in [0, 0.1) is 28.1 Å². The van der Waals surface area contributed by atoms with Crippen LogP contribution in [0.4, 0.5) is 0 Å². The number of hydrogen-bond acceptors (Lipinski definition) is 2. The van der Waals surface area contributed by atoms with E-state index in [4.69, 9.17) is 0 Å². The zero-order valence-corrected chi connectivity index (χ0v) is 14.5. The third-order valence-corrected chi connectivity index (χ3v) is 7.78. The van der Waals surface area contributed by atoms with Crippen molar-refractivity contribution in [3.63, 3.8) is 0 Å². The van der Waals surface area contributed by atoms with Crippen LogP contribution in [-0.4, -0.2) is 22.9 Å². The van der Waals surface area contributed by atoms with Gasteiger partial charge in [0.15, 0.2) is 0 Å². The highest BCUT2D eigenvalue weighted by atomic mass is 79.9. The van der Waals surface area contributed by atoms with Crippen molar-refractivity contribution in [2.45, 2.75) is 38.6 Å². The van der Waals surface area contributed by atoms with Crippen molar-refractivity contribution in [1.82, 2.24) is 4.90 Å². The Morgan fingerprint density at radius 3 is 2.77 bits per heavy atom. The molecule has 1 aliphatic heterocycles. The summed E-state index contributed by atoms with van der Waals surface area (Å²) in [7, 11) is 0. The van der Waals surface area contributed by atoms with Crippen molar-refractivity contribution in [2.75, 3.05) is 6.54 Å². The molecular weight excluding hydrogens is 340 g/mol. The Morgan fingerprint density at radius 2 is 2.14 bits per heavy atom. The van der Waals surface area contributed by atoms with Crippen molar-refractivity contribution in [3.8, 4) is 6.07 Å². The second kappa shape index (κ2) is 4.14. The lowest BCUT2D eigenvalue weighted by Crippen LogP contribution is -2.54. The molecule has 0 N–H and O–H groups in total. The first-order chi connectivity index (χ1) is 10.4. The summed E-state index contributed by atoms with van der Waals surface area (Å²) in [5, 5.41) is 10.0. The van der Waals surface area contributed by atoms with E-state index in [1.807, 2.05) is 29.2 Å². The van der Waals surface area contributed by atoms with E-state index in [2.05, 4.69) is 35.8 Å². The van der Waals surface area contributed by atoms with E-state index in [1.165, 1.54) is 6.42 Å². The van der Waals surface area contributed by atoms with Gasteiger partial charge in [-0.3, -0.25) is 4.79 Å². The molecule has 4 heteroatoms. The lowest BCUT2D eigenvalue weighted by Gasteiger charge is -2.43. The van der Waals surface area contributed by atoms with E-state index >= 15 is 0 Å². The fourth-order valence-electron chi connectivity index (χ4n) is 5.54. The molecule has 3 nitrogen and oxygen atoms in total. The van der Waals surface area contributed by atoms with Gasteiger partial charge in [0.05, 0.1) is 11.6 Å². The Morgan fingerprint density at radius 1 is 1.41 bits per heavy atom. The summed E-state index contributed by atoms with van der Waals surface area (Å²) in [5.41, 5.74) is 0.0419. The van der Waals surface area contributed by atoms with E-state index in [1.54, 1.807) is 0 Å². The Hall–Kier alpha value is -1.34. The zero-order chi connectivity index (χ0) is 15.8. The first-order valence-electron chi connectivity index (χ1n) is 7.87. The quantitative estimate of drug-likeness (QED) is 0.761.